The van der Waals surface area contributed by atoms with E-state index in [0.717, 1.165) is 22.2 Å². The lowest BCUT2D eigenvalue weighted by Gasteiger charge is -2.16. The number of hydrogen-bond donors (Lipinski definition) is 2. The summed E-state index contributed by atoms with van der Waals surface area (Å²) in [5, 5.41) is 13.6. The summed E-state index contributed by atoms with van der Waals surface area (Å²) in [5.74, 6) is 2.15. The maximum atomic E-state index is 9.44. The van der Waals surface area contributed by atoms with Gasteiger partial charge in [-0.15, -0.1) is 0 Å². The molecular weight excluding hydrogens is 468 g/mol. The third-order valence-corrected chi connectivity index (χ3v) is 5.50. The minimum absolute atomic E-state index is 0.0414. The largest absolute Gasteiger partial charge is 0.494 e. The van der Waals surface area contributed by atoms with Crippen molar-refractivity contribution in [3.8, 4) is 27.5 Å². The monoisotopic (exact) mass is 492 g/mol. The SMILES string of the molecule is CCCOc1ccc(Oc2ncc(Oc3ccc(C(C)NC(C)O)cc3)s2)c(Br)c1. The van der Waals surface area contributed by atoms with E-state index in [4.69, 9.17) is 14.2 Å². The molecule has 0 fully saturated rings. The Hall–Kier alpha value is -2.13. The van der Waals surface area contributed by atoms with Crippen LogP contribution in [-0.2, 0) is 0 Å². The Balaban J connectivity index is 1.60. The molecule has 8 heteroatoms. The Morgan fingerprint density at radius 2 is 1.83 bits per heavy atom. The molecule has 2 atom stereocenters. The fourth-order valence-corrected chi connectivity index (χ4v) is 3.80. The molecule has 0 amide bonds. The minimum atomic E-state index is -0.563. The van der Waals surface area contributed by atoms with Gasteiger partial charge in [-0.2, -0.15) is 0 Å². The standard InChI is InChI=1S/C22H25BrN2O4S/c1-4-11-27-18-9-10-20(19(23)12-18)29-22-24-13-21(30-22)28-17-7-5-16(6-8-17)14(2)25-15(3)26/h5-10,12-15,25-26H,4,11H2,1-3H3. The van der Waals surface area contributed by atoms with Crippen molar-refractivity contribution < 1.29 is 19.3 Å². The number of aliphatic hydroxyl groups is 1. The number of thiazole rings is 1. The average Bonchev–Trinajstić information content (AvgIpc) is 3.15. The topological polar surface area (TPSA) is 72.8 Å². The highest BCUT2D eigenvalue weighted by Crippen LogP contribution is 2.37. The second kappa shape index (κ2) is 10.8. The van der Waals surface area contributed by atoms with E-state index in [9.17, 15) is 5.11 Å². The summed E-state index contributed by atoms with van der Waals surface area (Å²) in [6, 6.07) is 13.3. The Bertz CT molecular complexity index is 947. The van der Waals surface area contributed by atoms with Crippen LogP contribution in [0.25, 0.3) is 0 Å². The van der Waals surface area contributed by atoms with Crippen molar-refractivity contribution in [3.05, 3.63) is 58.7 Å². The molecule has 0 aliphatic rings. The van der Waals surface area contributed by atoms with Crippen LogP contribution in [0.1, 0.15) is 38.8 Å². The minimum Gasteiger partial charge on any atom is -0.494 e. The number of nitrogens with one attached hydrogen (secondary N) is 1. The van der Waals surface area contributed by atoms with Crippen LogP contribution < -0.4 is 19.5 Å². The van der Waals surface area contributed by atoms with E-state index in [1.807, 2.05) is 49.4 Å². The lowest BCUT2D eigenvalue weighted by molar-refractivity contribution is 0.143. The van der Waals surface area contributed by atoms with Gasteiger partial charge in [-0.3, -0.25) is 5.32 Å². The molecule has 2 unspecified atom stereocenters. The molecule has 0 saturated heterocycles. The number of hydrogen-bond acceptors (Lipinski definition) is 7. The number of rotatable bonds is 10. The van der Waals surface area contributed by atoms with Gasteiger partial charge < -0.3 is 19.3 Å². The number of ether oxygens (including phenoxy) is 3. The van der Waals surface area contributed by atoms with Crippen molar-refractivity contribution in [3.63, 3.8) is 0 Å². The molecular formula is C22H25BrN2O4S. The first-order chi connectivity index (χ1) is 14.4. The smallest absolute Gasteiger partial charge is 0.282 e. The van der Waals surface area contributed by atoms with Gasteiger partial charge >= 0.3 is 0 Å². The van der Waals surface area contributed by atoms with Crippen LogP contribution in [0.2, 0.25) is 0 Å². The van der Waals surface area contributed by atoms with E-state index in [2.05, 4.69) is 33.2 Å². The van der Waals surface area contributed by atoms with Crippen molar-refractivity contribution in [1.29, 1.82) is 0 Å². The van der Waals surface area contributed by atoms with Crippen LogP contribution in [0.15, 0.2) is 53.1 Å². The maximum absolute atomic E-state index is 9.44. The van der Waals surface area contributed by atoms with Crippen LogP contribution in [0.3, 0.4) is 0 Å². The molecule has 30 heavy (non-hydrogen) atoms. The summed E-state index contributed by atoms with van der Waals surface area (Å²) in [7, 11) is 0. The number of aliphatic hydroxyl groups excluding tert-OH is 1. The molecule has 3 aromatic rings. The summed E-state index contributed by atoms with van der Waals surface area (Å²) in [5.41, 5.74) is 1.06. The van der Waals surface area contributed by atoms with E-state index in [1.54, 1.807) is 13.1 Å². The van der Waals surface area contributed by atoms with Gasteiger partial charge in [0, 0.05) is 6.04 Å². The highest BCUT2D eigenvalue weighted by molar-refractivity contribution is 9.10. The zero-order valence-electron chi connectivity index (χ0n) is 17.1. The molecule has 0 aliphatic heterocycles. The second-order valence-corrected chi connectivity index (χ2v) is 8.53. The van der Waals surface area contributed by atoms with Gasteiger partial charge in [0.05, 0.1) is 17.3 Å². The normalized spacial score (nSPS) is 13.0. The Morgan fingerprint density at radius 3 is 2.50 bits per heavy atom. The van der Waals surface area contributed by atoms with E-state index >= 15 is 0 Å². The number of nitrogens with zero attached hydrogens (tertiary/aromatic N) is 1. The van der Waals surface area contributed by atoms with Gasteiger partial charge in [-0.25, -0.2) is 4.98 Å². The third kappa shape index (κ3) is 6.43. The van der Waals surface area contributed by atoms with E-state index < -0.39 is 6.23 Å². The maximum Gasteiger partial charge on any atom is 0.282 e. The number of aromatic nitrogens is 1. The molecule has 0 saturated carbocycles. The van der Waals surface area contributed by atoms with Crippen molar-refractivity contribution in [2.45, 2.75) is 39.5 Å². The summed E-state index contributed by atoms with van der Waals surface area (Å²) < 4.78 is 18.2. The highest BCUT2D eigenvalue weighted by atomic mass is 79.9. The van der Waals surface area contributed by atoms with Crippen LogP contribution in [0.4, 0.5) is 0 Å². The molecule has 2 N–H and O–H groups in total. The molecule has 1 aromatic heterocycles. The predicted molar refractivity (Wildman–Crippen MR) is 122 cm³/mol. The first-order valence-electron chi connectivity index (χ1n) is 9.72. The molecule has 2 aromatic carbocycles. The highest BCUT2D eigenvalue weighted by Gasteiger charge is 2.11. The summed E-state index contributed by atoms with van der Waals surface area (Å²) in [4.78, 5) is 4.28. The van der Waals surface area contributed by atoms with E-state index in [0.29, 0.717) is 28.4 Å². The van der Waals surface area contributed by atoms with Crippen molar-refractivity contribution >= 4 is 27.3 Å². The molecule has 0 bridgehead atoms. The van der Waals surface area contributed by atoms with Crippen LogP contribution in [-0.4, -0.2) is 22.9 Å². The molecule has 0 spiro atoms. The first-order valence-corrected chi connectivity index (χ1v) is 11.3. The van der Waals surface area contributed by atoms with Gasteiger partial charge in [-0.05, 0) is 83.4 Å². The lowest BCUT2D eigenvalue weighted by atomic mass is 10.1. The molecule has 1 heterocycles. The van der Waals surface area contributed by atoms with Gasteiger partial charge in [-0.1, -0.05) is 19.1 Å². The van der Waals surface area contributed by atoms with E-state index in [1.165, 1.54) is 11.3 Å². The Morgan fingerprint density at radius 1 is 1.10 bits per heavy atom. The number of halogens is 1. The van der Waals surface area contributed by atoms with Gasteiger partial charge in [0.15, 0.2) is 0 Å². The molecule has 0 aliphatic carbocycles. The average molecular weight is 493 g/mol. The molecule has 3 rings (SSSR count). The van der Waals surface area contributed by atoms with Crippen molar-refractivity contribution in [1.82, 2.24) is 10.3 Å². The predicted octanol–water partition coefficient (Wildman–Crippen LogP) is 6.27. The Kier molecular flexibility index (Phi) is 8.09. The fourth-order valence-electron chi connectivity index (χ4n) is 2.71. The summed E-state index contributed by atoms with van der Waals surface area (Å²) in [6.07, 6.45) is 2.03. The molecule has 6 nitrogen and oxygen atoms in total. The van der Waals surface area contributed by atoms with Gasteiger partial charge in [0.2, 0.25) is 5.06 Å². The third-order valence-electron chi connectivity index (χ3n) is 4.13. The van der Waals surface area contributed by atoms with Crippen LogP contribution in [0.5, 0.6) is 27.5 Å². The van der Waals surface area contributed by atoms with Crippen molar-refractivity contribution in [2.24, 2.45) is 0 Å². The van der Waals surface area contributed by atoms with Crippen LogP contribution in [0, 0.1) is 0 Å². The fraction of sp³-hybridized carbons (Fsp3) is 0.318. The second-order valence-electron chi connectivity index (χ2n) is 6.72. The zero-order chi connectivity index (χ0) is 21.5. The summed E-state index contributed by atoms with van der Waals surface area (Å²) in [6.45, 7) is 6.44. The van der Waals surface area contributed by atoms with Crippen LogP contribution >= 0.6 is 27.3 Å². The quantitative estimate of drug-likeness (QED) is 0.325. The first kappa shape index (κ1) is 22.6. The van der Waals surface area contributed by atoms with Gasteiger partial charge in [0.25, 0.3) is 5.19 Å². The number of benzene rings is 2. The lowest BCUT2D eigenvalue weighted by Crippen LogP contribution is -2.28. The summed E-state index contributed by atoms with van der Waals surface area (Å²) >= 11 is 4.83. The van der Waals surface area contributed by atoms with Gasteiger partial charge in [0.1, 0.15) is 23.5 Å². The molecule has 160 valence electrons. The van der Waals surface area contributed by atoms with Crippen molar-refractivity contribution in [2.75, 3.05) is 6.61 Å². The van der Waals surface area contributed by atoms with E-state index in [-0.39, 0.29) is 6.04 Å². The Labute approximate surface area is 189 Å². The molecule has 0 radical (unpaired) electrons. The zero-order valence-corrected chi connectivity index (χ0v) is 19.5.